The van der Waals surface area contributed by atoms with Gasteiger partial charge in [0.05, 0.1) is 15.6 Å². The molecule has 0 atom stereocenters. The Balaban J connectivity index is 3.29. The lowest BCUT2D eigenvalue weighted by atomic mass is 10.2. The number of benzene rings is 1. The molecule has 0 aliphatic heterocycles. The van der Waals surface area contributed by atoms with Gasteiger partial charge >= 0.3 is 0 Å². The van der Waals surface area contributed by atoms with E-state index >= 15 is 0 Å². The largest absolute Gasteiger partial charge is 0.461 e. The summed E-state index contributed by atoms with van der Waals surface area (Å²) >= 11 is 11.4. The van der Waals surface area contributed by atoms with Crippen molar-refractivity contribution in [2.24, 2.45) is 0 Å². The van der Waals surface area contributed by atoms with Gasteiger partial charge in [-0.3, -0.25) is 10.1 Å². The molecule has 0 aliphatic rings. The van der Waals surface area contributed by atoms with Crippen LogP contribution in [0.25, 0.3) is 0 Å². The van der Waals surface area contributed by atoms with Crippen LogP contribution in [0.3, 0.4) is 0 Å². The van der Waals surface area contributed by atoms with E-state index in [2.05, 4.69) is 6.04 Å². The average molecular weight is 257 g/mol. The van der Waals surface area contributed by atoms with Crippen molar-refractivity contribution in [2.45, 2.75) is 0 Å². The van der Waals surface area contributed by atoms with Crippen LogP contribution >= 0.6 is 23.2 Å². The molecule has 16 heavy (non-hydrogen) atoms. The van der Waals surface area contributed by atoms with E-state index in [-0.39, 0.29) is 21.4 Å². The minimum absolute atomic E-state index is 0.00125. The van der Waals surface area contributed by atoms with Gasteiger partial charge in [-0.2, -0.15) is 0 Å². The highest BCUT2D eigenvalue weighted by molar-refractivity contribution is 6.38. The molecule has 0 aromatic heterocycles. The van der Waals surface area contributed by atoms with Crippen molar-refractivity contribution in [3.63, 3.8) is 0 Å². The Hall–Kier alpha value is -1.58. The van der Waals surface area contributed by atoms with Crippen molar-refractivity contribution in [3.8, 4) is 12.2 Å². The summed E-state index contributed by atoms with van der Waals surface area (Å²) in [5.41, 5.74) is -0.181. The zero-order valence-electron chi connectivity index (χ0n) is 7.65. The molecule has 5 nitrogen and oxygen atoms in total. The van der Waals surface area contributed by atoms with Crippen LogP contribution in [0.5, 0.6) is 0 Å². The fraction of sp³-hybridized carbons (Fsp3) is 0. The van der Waals surface area contributed by atoms with Crippen molar-refractivity contribution >= 4 is 42.6 Å². The van der Waals surface area contributed by atoms with Crippen LogP contribution in [-0.4, -0.2) is 18.0 Å². The van der Waals surface area contributed by atoms with Crippen molar-refractivity contribution in [3.05, 3.63) is 32.3 Å². The van der Waals surface area contributed by atoms with E-state index in [1.807, 2.05) is 0 Å². The number of nitro benzene ring substituents is 1. The smallest absolute Gasteiger partial charge is 0.289 e. The molecule has 0 unspecified atom stereocenters. The van der Waals surface area contributed by atoms with Crippen LogP contribution < -0.4 is 4.81 Å². The van der Waals surface area contributed by atoms with E-state index in [1.54, 1.807) is 6.11 Å². The van der Waals surface area contributed by atoms with Gasteiger partial charge in [-0.25, -0.2) is 0 Å². The first kappa shape index (κ1) is 12.5. The number of nitrogens with zero attached hydrogens (tertiary/aromatic N) is 2. The fourth-order valence-electron chi connectivity index (χ4n) is 0.964. The van der Waals surface area contributed by atoms with Gasteiger partial charge in [0.2, 0.25) is 7.98 Å². The Morgan fingerprint density at radius 1 is 1.44 bits per heavy atom. The summed E-state index contributed by atoms with van der Waals surface area (Å²) in [5.74, 6) is 0. The van der Waals surface area contributed by atoms with E-state index in [1.165, 1.54) is 6.07 Å². The lowest BCUT2D eigenvalue weighted by Crippen LogP contribution is -2.11. The Labute approximate surface area is 102 Å². The zero-order valence-corrected chi connectivity index (χ0v) is 9.16. The number of halogens is 2. The van der Waals surface area contributed by atoms with Gasteiger partial charge in [0.15, 0.2) is 0 Å². The molecule has 80 valence electrons. The predicted molar refractivity (Wildman–Crippen MR) is 61.1 cm³/mol. The molecule has 0 saturated heterocycles. The Kier molecular flexibility index (Phi) is 3.88. The van der Waals surface area contributed by atoms with Crippen molar-refractivity contribution in [2.75, 3.05) is 4.81 Å². The molecule has 0 fully saturated rings. The molecule has 1 aromatic carbocycles. The summed E-state index contributed by atoms with van der Waals surface area (Å²) in [6, 6.07) is 4.32. The number of aliphatic hydroxyl groups excluding tert-OH is 1. The third kappa shape index (κ3) is 2.51. The highest BCUT2D eigenvalue weighted by atomic mass is 35.5. The molecule has 1 N–H and O–H groups in total. The van der Waals surface area contributed by atoms with E-state index in [0.29, 0.717) is 0 Å². The number of nitro groups is 1. The first-order valence-corrected chi connectivity index (χ1v) is 4.56. The quantitative estimate of drug-likeness (QED) is 0.289. The summed E-state index contributed by atoms with van der Waals surface area (Å²) in [6.45, 7) is 0. The molecule has 2 radical (unpaired) electrons. The van der Waals surface area contributed by atoms with Crippen LogP contribution in [0.1, 0.15) is 0 Å². The van der Waals surface area contributed by atoms with Crippen LogP contribution in [0.4, 0.5) is 11.4 Å². The summed E-state index contributed by atoms with van der Waals surface area (Å²) in [5, 5.41) is 18.7. The normalized spacial score (nSPS) is 9.12. The van der Waals surface area contributed by atoms with Gasteiger partial charge in [0, 0.05) is 12.1 Å². The lowest BCUT2D eigenvalue weighted by Gasteiger charge is -2.13. The maximum absolute atomic E-state index is 10.5. The molecular formula is C8H3BCl2N2O3. The highest BCUT2D eigenvalue weighted by Gasteiger charge is 2.17. The first-order valence-electron chi connectivity index (χ1n) is 3.80. The van der Waals surface area contributed by atoms with Crippen LogP contribution in [0.15, 0.2) is 12.1 Å². The maximum Gasteiger partial charge on any atom is 0.289 e. The first-order chi connectivity index (χ1) is 7.47. The van der Waals surface area contributed by atoms with E-state index in [9.17, 15) is 10.1 Å². The molecule has 1 aromatic rings. The lowest BCUT2D eigenvalue weighted by molar-refractivity contribution is -0.384. The van der Waals surface area contributed by atoms with Crippen molar-refractivity contribution in [1.29, 1.82) is 0 Å². The number of hydrogen-bond donors (Lipinski definition) is 1. The van der Waals surface area contributed by atoms with Crippen molar-refractivity contribution in [1.82, 2.24) is 0 Å². The van der Waals surface area contributed by atoms with E-state index in [4.69, 9.17) is 36.3 Å². The molecule has 0 saturated carbocycles. The molecule has 0 spiro atoms. The zero-order chi connectivity index (χ0) is 12.3. The predicted octanol–water partition coefficient (Wildman–Crippen LogP) is 2.08. The highest BCUT2D eigenvalue weighted by Crippen LogP contribution is 2.35. The van der Waals surface area contributed by atoms with Gasteiger partial charge in [-0.15, -0.1) is 0 Å². The number of aliphatic hydroxyl groups is 1. The molecular weight excluding hydrogens is 254 g/mol. The SMILES string of the molecule is [B]N(C#CO)c1cc(Cl)c([N+](=O)[O-])cc1Cl. The molecule has 0 bridgehead atoms. The Bertz CT molecular complexity index is 498. The molecule has 8 heteroatoms. The summed E-state index contributed by atoms with van der Waals surface area (Å²) < 4.78 is 0. The maximum atomic E-state index is 10.5. The van der Waals surface area contributed by atoms with Crippen LogP contribution in [-0.2, 0) is 0 Å². The van der Waals surface area contributed by atoms with Gasteiger partial charge < -0.3 is 9.92 Å². The Morgan fingerprint density at radius 3 is 2.56 bits per heavy atom. The molecule has 0 heterocycles. The van der Waals surface area contributed by atoms with Crippen molar-refractivity contribution < 1.29 is 10.0 Å². The second-order valence-corrected chi connectivity index (χ2v) is 3.42. The third-order valence-electron chi connectivity index (χ3n) is 1.64. The minimum Gasteiger partial charge on any atom is -0.461 e. The monoisotopic (exact) mass is 256 g/mol. The topological polar surface area (TPSA) is 66.6 Å². The fourth-order valence-corrected chi connectivity index (χ4v) is 1.44. The van der Waals surface area contributed by atoms with Gasteiger partial charge in [-0.1, -0.05) is 23.2 Å². The molecule has 0 aliphatic carbocycles. The second-order valence-electron chi connectivity index (χ2n) is 2.61. The summed E-state index contributed by atoms with van der Waals surface area (Å²) in [4.78, 5) is 10.7. The van der Waals surface area contributed by atoms with Crippen LogP contribution in [0.2, 0.25) is 10.0 Å². The molecule has 1 rings (SSSR count). The van der Waals surface area contributed by atoms with Crippen LogP contribution in [0, 0.1) is 22.3 Å². The number of anilines is 1. The van der Waals surface area contributed by atoms with E-state index < -0.39 is 4.92 Å². The summed E-state index contributed by atoms with van der Waals surface area (Å²) in [6.07, 6.45) is 1.57. The molecule has 0 amide bonds. The second kappa shape index (κ2) is 4.97. The van der Waals surface area contributed by atoms with E-state index in [0.717, 1.165) is 10.9 Å². The number of hydrogen-bond acceptors (Lipinski definition) is 4. The third-order valence-corrected chi connectivity index (χ3v) is 2.25. The Morgan fingerprint density at radius 2 is 2.06 bits per heavy atom. The number of rotatable bonds is 2. The van der Waals surface area contributed by atoms with Gasteiger partial charge in [0.1, 0.15) is 11.1 Å². The average Bonchev–Trinajstić information content (AvgIpc) is 2.20. The van der Waals surface area contributed by atoms with Gasteiger partial charge in [0.25, 0.3) is 5.69 Å². The minimum atomic E-state index is -0.670. The summed E-state index contributed by atoms with van der Waals surface area (Å²) in [7, 11) is 5.39. The standard InChI is InChI=1S/C8H3BCl2N2O3/c9-12(1-2-14)7-3-6(11)8(13(15)16)4-5(7)10/h3-4,14H. The van der Waals surface area contributed by atoms with Gasteiger partial charge in [-0.05, 0) is 6.07 Å².